The fourth-order valence-corrected chi connectivity index (χ4v) is 2.97. The number of carbonyl (C=O) groups is 1. The fraction of sp³-hybridized carbons (Fsp3) is 0.353. The Morgan fingerprint density at radius 1 is 1.38 bits per heavy atom. The molecule has 0 heterocycles. The van der Waals surface area contributed by atoms with Gasteiger partial charge in [0.25, 0.3) is 0 Å². The Morgan fingerprint density at radius 3 is 2.67 bits per heavy atom. The van der Waals surface area contributed by atoms with Gasteiger partial charge in [-0.15, -0.1) is 11.6 Å². The van der Waals surface area contributed by atoms with Crippen LogP contribution in [0.1, 0.15) is 24.8 Å². The van der Waals surface area contributed by atoms with Crippen molar-refractivity contribution in [1.82, 2.24) is 5.32 Å². The molecule has 1 aromatic rings. The van der Waals surface area contributed by atoms with Gasteiger partial charge < -0.3 is 5.32 Å². The molecular formula is C17H16Cl2F3NO. The fourth-order valence-electron chi connectivity index (χ4n) is 2.42. The minimum absolute atomic E-state index is 0.00250. The topological polar surface area (TPSA) is 29.1 Å². The molecule has 2 atom stereocenters. The summed E-state index contributed by atoms with van der Waals surface area (Å²) in [4.78, 5) is 9.81. The highest BCUT2D eigenvalue weighted by Gasteiger charge is 2.52. The third kappa shape index (κ3) is 4.14. The average Bonchev–Trinajstić information content (AvgIpc) is 2.51. The van der Waals surface area contributed by atoms with Crippen LogP contribution in [-0.2, 0) is 4.79 Å². The number of hydrogen-bond acceptors (Lipinski definition) is 1. The summed E-state index contributed by atoms with van der Waals surface area (Å²) in [5.41, 5.74) is 1.07. The maximum Gasteiger partial charge on any atom is 0.411 e. The molecule has 130 valence electrons. The van der Waals surface area contributed by atoms with E-state index in [-0.39, 0.29) is 12.5 Å². The van der Waals surface area contributed by atoms with Gasteiger partial charge >= 0.3 is 6.18 Å². The maximum atomic E-state index is 13.0. The smallest absolute Gasteiger partial charge is 0.352 e. The van der Waals surface area contributed by atoms with Crippen LogP contribution in [0, 0.1) is 0 Å². The molecule has 2 rings (SSSR count). The van der Waals surface area contributed by atoms with Gasteiger partial charge in [0.1, 0.15) is 0 Å². The second-order valence-electron chi connectivity index (χ2n) is 5.68. The standard InChI is InChI=1S/C17H16Cl2F3NO/c1-11(13-6-2-3-7-14(13)18)15(24)23-10-12-5-4-8-16(19,9-12)17(20,21)22/h2-8,11H,9-10H2,1H3,(H,23,24). The summed E-state index contributed by atoms with van der Waals surface area (Å²) in [6, 6.07) is 6.94. The van der Waals surface area contributed by atoms with Crippen molar-refractivity contribution in [2.75, 3.05) is 6.54 Å². The van der Waals surface area contributed by atoms with Crippen molar-refractivity contribution < 1.29 is 18.0 Å². The molecule has 0 saturated heterocycles. The lowest BCUT2D eigenvalue weighted by molar-refractivity contribution is -0.150. The molecule has 0 fully saturated rings. The summed E-state index contributed by atoms with van der Waals surface area (Å²) < 4.78 is 38.9. The third-order valence-corrected chi connectivity index (χ3v) is 4.72. The second-order valence-corrected chi connectivity index (χ2v) is 6.76. The van der Waals surface area contributed by atoms with Gasteiger partial charge in [-0.2, -0.15) is 13.2 Å². The Labute approximate surface area is 148 Å². The summed E-state index contributed by atoms with van der Waals surface area (Å²) in [5, 5.41) is 3.11. The van der Waals surface area contributed by atoms with Gasteiger partial charge in [0, 0.05) is 18.0 Å². The first-order valence-corrected chi connectivity index (χ1v) is 8.05. The molecule has 2 nitrogen and oxygen atoms in total. The molecule has 0 bridgehead atoms. The molecule has 0 aliphatic heterocycles. The van der Waals surface area contributed by atoms with E-state index >= 15 is 0 Å². The van der Waals surface area contributed by atoms with Crippen LogP contribution in [0.3, 0.4) is 0 Å². The predicted molar refractivity (Wildman–Crippen MR) is 89.4 cm³/mol. The van der Waals surface area contributed by atoms with Crippen LogP contribution in [0.25, 0.3) is 0 Å². The SMILES string of the molecule is CC(C(=O)NCC1=CC=CC(Cl)(C(F)(F)F)C1)c1ccccc1Cl. The largest absolute Gasteiger partial charge is 0.411 e. The van der Waals surface area contributed by atoms with Crippen molar-refractivity contribution in [2.45, 2.75) is 30.3 Å². The summed E-state index contributed by atoms with van der Waals surface area (Å²) in [6.45, 7) is 1.69. The van der Waals surface area contributed by atoms with E-state index in [1.165, 1.54) is 12.2 Å². The van der Waals surface area contributed by atoms with E-state index in [9.17, 15) is 18.0 Å². The molecule has 7 heteroatoms. The number of alkyl halides is 4. The number of amides is 1. The molecule has 0 saturated carbocycles. The predicted octanol–water partition coefficient (Wildman–Crippen LogP) is 4.99. The monoisotopic (exact) mass is 377 g/mol. The lowest BCUT2D eigenvalue weighted by Crippen LogP contribution is -2.40. The molecule has 1 aromatic carbocycles. The molecule has 1 amide bonds. The van der Waals surface area contributed by atoms with Crippen molar-refractivity contribution in [1.29, 1.82) is 0 Å². The van der Waals surface area contributed by atoms with E-state index in [4.69, 9.17) is 23.2 Å². The number of rotatable bonds is 4. The highest BCUT2D eigenvalue weighted by Crippen LogP contribution is 2.43. The Hall–Kier alpha value is -1.46. The normalized spacial score (nSPS) is 22.0. The first-order chi connectivity index (χ1) is 11.1. The van der Waals surface area contributed by atoms with E-state index < -0.39 is 23.4 Å². The Bertz CT molecular complexity index is 685. The van der Waals surface area contributed by atoms with Crippen molar-refractivity contribution in [3.05, 3.63) is 58.7 Å². The van der Waals surface area contributed by atoms with Crippen LogP contribution in [0.2, 0.25) is 5.02 Å². The van der Waals surface area contributed by atoms with Crippen molar-refractivity contribution in [2.24, 2.45) is 0 Å². The van der Waals surface area contributed by atoms with E-state index in [1.54, 1.807) is 31.2 Å². The van der Waals surface area contributed by atoms with E-state index in [0.29, 0.717) is 16.2 Å². The quantitative estimate of drug-likeness (QED) is 0.736. The van der Waals surface area contributed by atoms with Gasteiger partial charge in [-0.25, -0.2) is 0 Å². The van der Waals surface area contributed by atoms with Crippen molar-refractivity contribution in [3.8, 4) is 0 Å². The first-order valence-electron chi connectivity index (χ1n) is 7.29. The number of benzene rings is 1. The number of nitrogens with one attached hydrogen (secondary N) is 1. The number of hydrogen-bond donors (Lipinski definition) is 1. The molecule has 0 spiro atoms. The number of allylic oxidation sites excluding steroid dienone is 3. The average molecular weight is 378 g/mol. The zero-order valence-corrected chi connectivity index (χ0v) is 14.3. The molecule has 1 N–H and O–H groups in total. The van der Waals surface area contributed by atoms with Crippen LogP contribution in [-0.4, -0.2) is 23.5 Å². The van der Waals surface area contributed by atoms with Gasteiger partial charge in [0.2, 0.25) is 5.91 Å². The Morgan fingerprint density at radius 2 is 2.04 bits per heavy atom. The highest BCUT2D eigenvalue weighted by molar-refractivity contribution is 6.31. The Balaban J connectivity index is 1.99. The molecule has 0 radical (unpaired) electrons. The molecule has 0 aromatic heterocycles. The minimum Gasteiger partial charge on any atom is -0.352 e. The summed E-state index contributed by atoms with van der Waals surface area (Å²) in [5.74, 6) is -0.826. The van der Waals surface area contributed by atoms with Gasteiger partial charge in [0.05, 0.1) is 5.92 Å². The van der Waals surface area contributed by atoms with Crippen LogP contribution in [0.4, 0.5) is 13.2 Å². The zero-order chi connectivity index (χ0) is 18.0. The van der Waals surface area contributed by atoms with Crippen LogP contribution in [0.15, 0.2) is 48.1 Å². The highest BCUT2D eigenvalue weighted by atomic mass is 35.5. The summed E-state index contributed by atoms with van der Waals surface area (Å²) >= 11 is 11.7. The molecule has 1 aliphatic rings. The van der Waals surface area contributed by atoms with Gasteiger partial charge in [-0.1, -0.05) is 48.0 Å². The van der Waals surface area contributed by atoms with Crippen LogP contribution >= 0.6 is 23.2 Å². The van der Waals surface area contributed by atoms with Crippen molar-refractivity contribution in [3.63, 3.8) is 0 Å². The maximum absolute atomic E-state index is 13.0. The number of halogens is 5. The van der Waals surface area contributed by atoms with E-state index in [2.05, 4.69) is 5.32 Å². The molecule has 24 heavy (non-hydrogen) atoms. The van der Waals surface area contributed by atoms with Crippen molar-refractivity contribution >= 4 is 29.1 Å². The zero-order valence-electron chi connectivity index (χ0n) is 12.8. The summed E-state index contributed by atoms with van der Waals surface area (Å²) in [7, 11) is 0. The van der Waals surface area contributed by atoms with Gasteiger partial charge in [0.15, 0.2) is 4.87 Å². The summed E-state index contributed by atoms with van der Waals surface area (Å²) in [6.07, 6.45) is -1.23. The van der Waals surface area contributed by atoms with Crippen LogP contribution < -0.4 is 5.32 Å². The van der Waals surface area contributed by atoms with E-state index in [0.717, 1.165) is 6.08 Å². The first kappa shape index (κ1) is 18.9. The van der Waals surface area contributed by atoms with E-state index in [1.807, 2.05) is 0 Å². The van der Waals surface area contributed by atoms with Gasteiger partial charge in [-0.3, -0.25) is 4.79 Å². The second kappa shape index (κ2) is 7.19. The third-order valence-electron chi connectivity index (χ3n) is 3.90. The lowest BCUT2D eigenvalue weighted by Gasteiger charge is -2.29. The lowest BCUT2D eigenvalue weighted by atomic mass is 9.92. The van der Waals surface area contributed by atoms with Gasteiger partial charge in [-0.05, 0) is 24.1 Å². The molecule has 1 aliphatic carbocycles. The van der Waals surface area contributed by atoms with Crippen LogP contribution in [0.5, 0.6) is 0 Å². The molecule has 2 unspecified atom stereocenters. The number of carbonyl (C=O) groups excluding carboxylic acids is 1. The Kier molecular flexibility index (Phi) is 5.66. The minimum atomic E-state index is -4.56. The molecular weight excluding hydrogens is 362 g/mol.